The number of hydrogen-bond donors (Lipinski definition) is 1. The first-order valence-electron chi connectivity index (χ1n) is 6.82. The van der Waals surface area contributed by atoms with Crippen LogP contribution in [0.5, 0.6) is 0 Å². The van der Waals surface area contributed by atoms with Crippen molar-refractivity contribution in [1.82, 2.24) is 10.4 Å². The van der Waals surface area contributed by atoms with Crippen molar-refractivity contribution >= 4 is 29.1 Å². The first kappa shape index (κ1) is 13.3. The number of nitrogens with one attached hydrogen (secondary N) is 1. The summed E-state index contributed by atoms with van der Waals surface area (Å²) in [5.74, 6) is -1.36. The van der Waals surface area contributed by atoms with E-state index in [1.165, 1.54) is 11.3 Å². The van der Waals surface area contributed by atoms with E-state index in [9.17, 15) is 14.4 Å². The van der Waals surface area contributed by atoms with Crippen molar-refractivity contribution in [2.75, 3.05) is 0 Å². The van der Waals surface area contributed by atoms with Gasteiger partial charge >= 0.3 is 0 Å². The van der Waals surface area contributed by atoms with Crippen LogP contribution in [0.2, 0.25) is 0 Å². The highest BCUT2D eigenvalue weighted by Crippen LogP contribution is 2.37. The summed E-state index contributed by atoms with van der Waals surface area (Å²) in [5.41, 5.74) is 2.96. The van der Waals surface area contributed by atoms with Gasteiger partial charge in [-0.2, -0.15) is 5.01 Å². The normalized spacial score (nSPS) is 25.8. The summed E-state index contributed by atoms with van der Waals surface area (Å²) in [4.78, 5) is 37.5. The molecule has 1 saturated heterocycles. The molecular weight excluding hydrogens is 276 g/mol. The smallest absolute Gasteiger partial charge is 0.271 e. The maximum atomic E-state index is 12.2. The molecule has 0 spiro atoms. The zero-order chi connectivity index (χ0) is 14.3. The monoisotopic (exact) mass is 292 g/mol. The fourth-order valence-corrected chi connectivity index (χ4v) is 3.68. The first-order valence-corrected chi connectivity index (χ1v) is 7.70. The molecule has 1 saturated carbocycles. The Kier molecular flexibility index (Phi) is 3.33. The Hall–Kier alpha value is -1.69. The molecule has 3 amide bonds. The molecule has 2 fully saturated rings. The van der Waals surface area contributed by atoms with Gasteiger partial charge in [-0.1, -0.05) is 12.8 Å². The van der Waals surface area contributed by atoms with Crippen LogP contribution in [0.4, 0.5) is 0 Å². The molecule has 20 heavy (non-hydrogen) atoms. The number of amides is 3. The van der Waals surface area contributed by atoms with E-state index in [0.717, 1.165) is 35.6 Å². The SMILES string of the molecule is Cc1cc(C(=O)NN2C(=O)[C@@H]3CCCC[C@H]3C2=O)cs1. The van der Waals surface area contributed by atoms with E-state index in [2.05, 4.69) is 5.43 Å². The predicted molar refractivity (Wildman–Crippen MR) is 73.8 cm³/mol. The zero-order valence-electron chi connectivity index (χ0n) is 11.2. The number of nitrogens with zero attached hydrogens (tertiary/aromatic N) is 1. The predicted octanol–water partition coefficient (Wildman–Crippen LogP) is 1.88. The van der Waals surface area contributed by atoms with Gasteiger partial charge in [0.15, 0.2) is 0 Å². The van der Waals surface area contributed by atoms with E-state index in [1.807, 2.05) is 6.92 Å². The van der Waals surface area contributed by atoms with Gasteiger partial charge in [0.2, 0.25) is 0 Å². The standard InChI is InChI=1S/C14H16N2O3S/c1-8-6-9(7-20-8)12(17)15-16-13(18)10-4-2-3-5-11(10)14(16)19/h6-7,10-11H,2-5H2,1H3,(H,15,17)/t10-,11-/m1/s1. The molecule has 0 radical (unpaired) electrons. The zero-order valence-corrected chi connectivity index (χ0v) is 12.0. The minimum atomic E-state index is -0.394. The van der Waals surface area contributed by atoms with Crippen molar-refractivity contribution < 1.29 is 14.4 Å². The topological polar surface area (TPSA) is 66.5 Å². The van der Waals surface area contributed by atoms with Crippen LogP contribution in [0.25, 0.3) is 0 Å². The van der Waals surface area contributed by atoms with E-state index >= 15 is 0 Å². The van der Waals surface area contributed by atoms with Crippen molar-refractivity contribution in [2.24, 2.45) is 11.8 Å². The third-order valence-electron chi connectivity index (χ3n) is 4.05. The van der Waals surface area contributed by atoms with Gasteiger partial charge < -0.3 is 0 Å². The van der Waals surface area contributed by atoms with Crippen molar-refractivity contribution in [2.45, 2.75) is 32.6 Å². The average Bonchev–Trinajstić information content (AvgIpc) is 2.98. The number of rotatable bonds is 2. The van der Waals surface area contributed by atoms with Gasteiger partial charge in [-0.25, -0.2) is 0 Å². The summed E-state index contributed by atoms with van der Waals surface area (Å²) < 4.78 is 0. The van der Waals surface area contributed by atoms with Crippen LogP contribution in [-0.4, -0.2) is 22.7 Å². The lowest BCUT2D eigenvalue weighted by molar-refractivity contribution is -0.142. The quantitative estimate of drug-likeness (QED) is 0.846. The molecule has 3 rings (SSSR count). The minimum Gasteiger partial charge on any atom is -0.272 e. The Balaban J connectivity index is 1.75. The molecule has 0 unspecified atom stereocenters. The Labute approximate surface area is 120 Å². The molecule has 0 bridgehead atoms. The van der Waals surface area contributed by atoms with Gasteiger partial charge in [0.25, 0.3) is 17.7 Å². The summed E-state index contributed by atoms with van der Waals surface area (Å²) in [6.07, 6.45) is 3.45. The molecule has 5 nitrogen and oxygen atoms in total. The minimum absolute atomic E-state index is 0.235. The Morgan fingerprint density at radius 3 is 2.35 bits per heavy atom. The second-order valence-electron chi connectivity index (χ2n) is 5.40. The lowest BCUT2D eigenvalue weighted by Crippen LogP contribution is -2.46. The van der Waals surface area contributed by atoms with Crippen LogP contribution in [0.3, 0.4) is 0 Å². The highest BCUT2D eigenvalue weighted by atomic mass is 32.1. The molecule has 1 aromatic rings. The lowest BCUT2D eigenvalue weighted by atomic mass is 9.81. The fourth-order valence-electron chi connectivity index (χ4n) is 3.00. The third-order valence-corrected chi connectivity index (χ3v) is 4.91. The van der Waals surface area contributed by atoms with E-state index in [1.54, 1.807) is 11.4 Å². The Morgan fingerprint density at radius 2 is 1.85 bits per heavy atom. The van der Waals surface area contributed by atoms with Gasteiger partial charge in [0.05, 0.1) is 17.4 Å². The second kappa shape index (κ2) is 5.01. The highest BCUT2D eigenvalue weighted by Gasteiger charge is 2.49. The molecule has 6 heteroatoms. The maximum absolute atomic E-state index is 12.2. The molecule has 1 aliphatic heterocycles. The van der Waals surface area contributed by atoms with Gasteiger partial charge in [-0.15, -0.1) is 11.3 Å². The van der Waals surface area contributed by atoms with E-state index in [4.69, 9.17) is 0 Å². The maximum Gasteiger partial charge on any atom is 0.271 e. The molecule has 0 aromatic carbocycles. The van der Waals surface area contributed by atoms with Crippen molar-refractivity contribution in [3.05, 3.63) is 21.9 Å². The van der Waals surface area contributed by atoms with Gasteiger partial charge in [0.1, 0.15) is 0 Å². The van der Waals surface area contributed by atoms with Crippen molar-refractivity contribution in [3.63, 3.8) is 0 Å². The second-order valence-corrected chi connectivity index (χ2v) is 6.51. The molecule has 1 N–H and O–H groups in total. The average molecular weight is 292 g/mol. The third kappa shape index (κ3) is 2.14. The van der Waals surface area contributed by atoms with Gasteiger partial charge in [0, 0.05) is 10.3 Å². The van der Waals surface area contributed by atoms with E-state index in [-0.39, 0.29) is 23.7 Å². The number of hydrazine groups is 1. The summed E-state index contributed by atoms with van der Waals surface area (Å²) in [7, 11) is 0. The highest BCUT2D eigenvalue weighted by molar-refractivity contribution is 7.10. The Bertz CT molecular complexity index is 557. The number of thiophene rings is 1. The molecular formula is C14H16N2O3S. The number of aryl methyl sites for hydroxylation is 1. The molecule has 1 aromatic heterocycles. The number of carbonyl (C=O) groups is 3. The summed E-state index contributed by atoms with van der Waals surface area (Å²) in [6.45, 7) is 1.90. The number of imide groups is 1. The van der Waals surface area contributed by atoms with Gasteiger partial charge in [-0.05, 0) is 25.8 Å². The summed E-state index contributed by atoms with van der Waals surface area (Å²) >= 11 is 1.46. The lowest BCUT2D eigenvalue weighted by Gasteiger charge is -2.19. The summed E-state index contributed by atoms with van der Waals surface area (Å²) in [5, 5.41) is 2.67. The first-order chi connectivity index (χ1) is 9.58. The van der Waals surface area contributed by atoms with Crippen LogP contribution < -0.4 is 5.43 Å². The van der Waals surface area contributed by atoms with Gasteiger partial charge in [-0.3, -0.25) is 19.8 Å². The molecule has 106 valence electrons. The van der Waals surface area contributed by atoms with Crippen LogP contribution >= 0.6 is 11.3 Å². The fraction of sp³-hybridized carbons (Fsp3) is 0.500. The number of carbonyl (C=O) groups excluding carboxylic acids is 3. The van der Waals surface area contributed by atoms with Crippen LogP contribution in [0.15, 0.2) is 11.4 Å². The van der Waals surface area contributed by atoms with Crippen LogP contribution in [-0.2, 0) is 9.59 Å². The van der Waals surface area contributed by atoms with Crippen molar-refractivity contribution in [1.29, 1.82) is 0 Å². The molecule has 2 heterocycles. The molecule has 1 aliphatic carbocycles. The number of hydrogen-bond acceptors (Lipinski definition) is 4. The Morgan fingerprint density at radius 1 is 1.25 bits per heavy atom. The van der Waals surface area contributed by atoms with E-state index < -0.39 is 5.91 Å². The van der Waals surface area contributed by atoms with E-state index in [0.29, 0.717) is 5.56 Å². The van der Waals surface area contributed by atoms with Crippen molar-refractivity contribution in [3.8, 4) is 0 Å². The van der Waals surface area contributed by atoms with Crippen LogP contribution in [0, 0.1) is 18.8 Å². The number of fused-ring (bicyclic) bond motifs is 1. The molecule has 2 aliphatic rings. The largest absolute Gasteiger partial charge is 0.272 e. The van der Waals surface area contributed by atoms with Crippen LogP contribution in [0.1, 0.15) is 40.9 Å². The summed E-state index contributed by atoms with van der Waals surface area (Å²) in [6, 6.07) is 1.75. The molecule has 2 atom stereocenters.